The molecule has 4 nitrogen and oxygen atoms in total. The van der Waals surface area contributed by atoms with E-state index in [1.807, 2.05) is 38.4 Å². The molecule has 0 bridgehead atoms. The summed E-state index contributed by atoms with van der Waals surface area (Å²) in [6.45, 7) is 12.6. The molecule has 0 unspecified atom stereocenters. The van der Waals surface area contributed by atoms with Crippen LogP contribution in [0, 0.1) is 6.92 Å². The molecule has 0 amide bonds. The summed E-state index contributed by atoms with van der Waals surface area (Å²) in [5.74, 6) is 0. The Bertz CT molecular complexity index is 464. The summed E-state index contributed by atoms with van der Waals surface area (Å²) in [6, 6.07) is 4.28. The molecule has 0 atom stereocenters. The third-order valence-electron chi connectivity index (χ3n) is 2.27. The van der Waals surface area contributed by atoms with E-state index in [1.165, 1.54) is 23.8 Å². The second-order valence-corrected chi connectivity index (χ2v) is 3.38. The zero-order valence-electron chi connectivity index (χ0n) is 13.8. The fraction of sp³-hybridized carbons (Fsp3) is 0.500. The number of carbonyl (C=O) groups is 1. The number of nitrogens with zero attached hydrogens (tertiary/aromatic N) is 2. The predicted octanol–water partition coefficient (Wildman–Crippen LogP) is 4.05. The van der Waals surface area contributed by atoms with E-state index in [2.05, 4.69) is 42.0 Å². The standard InChI is InChI=1S/C10H12N2.C2H4O2.2C2H6/c1-3-9-4-5-10-8(2)6-11-12(10)7-9;1-4-2-3;2*1-2/h4-7H,3H2,1-2H3;2H,1H3;2*1-2H3. The highest BCUT2D eigenvalue weighted by molar-refractivity contribution is 5.53. The smallest absolute Gasteiger partial charge is 0.292 e. The Hall–Kier alpha value is -1.84. The lowest BCUT2D eigenvalue weighted by atomic mass is 10.2. The molecule has 114 valence electrons. The summed E-state index contributed by atoms with van der Waals surface area (Å²) in [6.07, 6.45) is 5.05. The van der Waals surface area contributed by atoms with Crippen molar-refractivity contribution in [3.63, 3.8) is 0 Å². The summed E-state index contributed by atoms with van der Waals surface area (Å²) in [4.78, 5) is 8.95. The Morgan fingerprint density at radius 1 is 1.25 bits per heavy atom. The van der Waals surface area contributed by atoms with Gasteiger partial charge < -0.3 is 4.74 Å². The van der Waals surface area contributed by atoms with Crippen molar-refractivity contribution in [1.82, 2.24) is 9.61 Å². The van der Waals surface area contributed by atoms with Gasteiger partial charge >= 0.3 is 0 Å². The van der Waals surface area contributed by atoms with E-state index in [9.17, 15) is 0 Å². The molecular formula is C16H28N2O2. The van der Waals surface area contributed by atoms with Crippen LogP contribution in [-0.4, -0.2) is 23.2 Å². The molecule has 0 fully saturated rings. The van der Waals surface area contributed by atoms with E-state index in [4.69, 9.17) is 4.79 Å². The van der Waals surface area contributed by atoms with Gasteiger partial charge in [0.05, 0.1) is 18.8 Å². The molecule has 0 aliphatic rings. The van der Waals surface area contributed by atoms with Crippen LogP contribution >= 0.6 is 0 Å². The number of hydrogen-bond donors (Lipinski definition) is 0. The molecule has 0 aliphatic carbocycles. The van der Waals surface area contributed by atoms with E-state index in [1.54, 1.807) is 0 Å². The van der Waals surface area contributed by atoms with Crippen LogP contribution in [0.4, 0.5) is 0 Å². The first-order valence-corrected chi connectivity index (χ1v) is 7.12. The van der Waals surface area contributed by atoms with Gasteiger partial charge in [-0.2, -0.15) is 5.10 Å². The van der Waals surface area contributed by atoms with Crippen molar-refractivity contribution in [1.29, 1.82) is 0 Å². The number of aromatic nitrogens is 2. The van der Waals surface area contributed by atoms with Crippen molar-refractivity contribution in [3.8, 4) is 0 Å². The second-order valence-electron chi connectivity index (χ2n) is 3.38. The van der Waals surface area contributed by atoms with Gasteiger partial charge in [0.2, 0.25) is 0 Å². The zero-order chi connectivity index (χ0) is 16.0. The molecule has 2 aromatic heterocycles. The number of rotatable bonds is 2. The molecular weight excluding hydrogens is 252 g/mol. The summed E-state index contributed by atoms with van der Waals surface area (Å²) in [5, 5.41) is 4.24. The Labute approximate surface area is 122 Å². The van der Waals surface area contributed by atoms with Gasteiger partial charge in [-0.15, -0.1) is 0 Å². The van der Waals surface area contributed by atoms with Gasteiger partial charge in [-0.25, -0.2) is 4.52 Å². The van der Waals surface area contributed by atoms with Gasteiger partial charge in [0.25, 0.3) is 6.47 Å². The fourth-order valence-corrected chi connectivity index (χ4v) is 1.36. The number of fused-ring (bicyclic) bond motifs is 1. The molecule has 0 spiro atoms. The summed E-state index contributed by atoms with van der Waals surface area (Å²) in [5.41, 5.74) is 3.76. The van der Waals surface area contributed by atoms with Crippen molar-refractivity contribution < 1.29 is 9.53 Å². The topological polar surface area (TPSA) is 43.6 Å². The van der Waals surface area contributed by atoms with E-state index in [0.717, 1.165) is 6.42 Å². The maximum absolute atomic E-state index is 8.95. The van der Waals surface area contributed by atoms with Gasteiger partial charge in [0, 0.05) is 6.20 Å². The molecule has 2 aromatic rings. The van der Waals surface area contributed by atoms with E-state index >= 15 is 0 Å². The van der Waals surface area contributed by atoms with Crippen molar-refractivity contribution in [2.75, 3.05) is 7.11 Å². The lowest BCUT2D eigenvalue weighted by Crippen LogP contribution is -1.89. The molecule has 2 heterocycles. The Morgan fingerprint density at radius 3 is 2.25 bits per heavy atom. The normalized spacial score (nSPS) is 8.15. The van der Waals surface area contributed by atoms with E-state index in [0.29, 0.717) is 6.47 Å². The largest absolute Gasteiger partial charge is 0.471 e. The number of methoxy groups -OCH3 is 1. The number of pyridine rings is 1. The fourth-order valence-electron chi connectivity index (χ4n) is 1.36. The first-order valence-electron chi connectivity index (χ1n) is 7.12. The molecule has 0 radical (unpaired) electrons. The van der Waals surface area contributed by atoms with Crippen molar-refractivity contribution in [3.05, 3.63) is 35.7 Å². The second kappa shape index (κ2) is 13.6. The third-order valence-corrected chi connectivity index (χ3v) is 2.27. The van der Waals surface area contributed by atoms with Crippen LogP contribution in [0.5, 0.6) is 0 Å². The van der Waals surface area contributed by atoms with Crippen molar-refractivity contribution >= 4 is 12.0 Å². The Morgan fingerprint density at radius 2 is 1.80 bits per heavy atom. The number of ether oxygens (including phenoxy) is 1. The van der Waals surface area contributed by atoms with E-state index in [-0.39, 0.29) is 0 Å². The zero-order valence-corrected chi connectivity index (χ0v) is 13.8. The molecule has 0 N–H and O–H groups in total. The first kappa shape index (κ1) is 20.5. The summed E-state index contributed by atoms with van der Waals surface area (Å²) < 4.78 is 5.80. The minimum atomic E-state index is 0.375. The lowest BCUT2D eigenvalue weighted by Gasteiger charge is -1.97. The maximum Gasteiger partial charge on any atom is 0.292 e. The highest BCUT2D eigenvalue weighted by atomic mass is 16.5. The quantitative estimate of drug-likeness (QED) is 0.780. The minimum absolute atomic E-state index is 0.375. The summed E-state index contributed by atoms with van der Waals surface area (Å²) in [7, 11) is 1.31. The van der Waals surface area contributed by atoms with Crippen molar-refractivity contribution in [2.24, 2.45) is 0 Å². The van der Waals surface area contributed by atoms with Gasteiger partial charge in [-0.1, -0.05) is 40.7 Å². The number of carbonyl (C=O) groups excluding carboxylic acids is 1. The van der Waals surface area contributed by atoms with Gasteiger partial charge in [-0.05, 0) is 30.5 Å². The molecule has 0 aliphatic heterocycles. The maximum atomic E-state index is 8.95. The van der Waals surface area contributed by atoms with Gasteiger partial charge in [0.1, 0.15) is 0 Å². The average Bonchev–Trinajstić information content (AvgIpc) is 2.92. The molecule has 0 saturated carbocycles. The highest BCUT2D eigenvalue weighted by Gasteiger charge is 1.98. The average molecular weight is 280 g/mol. The third kappa shape index (κ3) is 6.92. The van der Waals surface area contributed by atoms with Gasteiger partial charge in [0.15, 0.2) is 0 Å². The number of aryl methyl sites for hydroxylation is 2. The number of hydrogen-bond acceptors (Lipinski definition) is 3. The first-order chi connectivity index (χ1) is 9.72. The predicted molar refractivity (Wildman–Crippen MR) is 85.1 cm³/mol. The van der Waals surface area contributed by atoms with Crippen LogP contribution in [-0.2, 0) is 16.0 Å². The molecule has 0 aromatic carbocycles. The van der Waals surface area contributed by atoms with E-state index < -0.39 is 0 Å². The van der Waals surface area contributed by atoms with Crippen molar-refractivity contribution in [2.45, 2.75) is 48.0 Å². The van der Waals surface area contributed by atoms with Crippen LogP contribution < -0.4 is 0 Å². The molecule has 4 heteroatoms. The monoisotopic (exact) mass is 280 g/mol. The van der Waals surface area contributed by atoms with Crippen LogP contribution in [0.2, 0.25) is 0 Å². The summed E-state index contributed by atoms with van der Waals surface area (Å²) >= 11 is 0. The Balaban J connectivity index is 0. The molecule has 0 saturated heterocycles. The van der Waals surface area contributed by atoms with Crippen LogP contribution in [0.3, 0.4) is 0 Å². The minimum Gasteiger partial charge on any atom is -0.471 e. The molecule has 2 rings (SSSR count). The van der Waals surface area contributed by atoms with Crippen LogP contribution in [0.1, 0.15) is 45.7 Å². The van der Waals surface area contributed by atoms with Crippen LogP contribution in [0.15, 0.2) is 24.5 Å². The Kier molecular flexibility index (Phi) is 13.9. The highest BCUT2D eigenvalue weighted by Crippen LogP contribution is 2.10. The van der Waals surface area contributed by atoms with Crippen LogP contribution in [0.25, 0.3) is 5.52 Å². The lowest BCUT2D eigenvalue weighted by molar-refractivity contribution is -0.126. The SMILES string of the molecule is CC.CC.CCc1ccc2c(C)cnn2c1.COC=O. The molecule has 20 heavy (non-hydrogen) atoms. The van der Waals surface area contributed by atoms with Gasteiger partial charge in [-0.3, -0.25) is 4.79 Å².